The SMILES string of the molecule is Cl.NC1CC2CCCC(C1)C2NC(=O)c1ccc2c(c1)[nH]c(=O)n2C1CCCC1. The summed E-state index contributed by atoms with van der Waals surface area (Å²) in [5.74, 6) is 0.964. The molecule has 3 aliphatic rings. The first kappa shape index (κ1) is 20.5. The van der Waals surface area contributed by atoms with Crippen LogP contribution in [-0.4, -0.2) is 27.5 Å². The van der Waals surface area contributed by atoms with Crippen molar-refractivity contribution in [1.82, 2.24) is 14.9 Å². The van der Waals surface area contributed by atoms with Crippen molar-refractivity contribution in [3.05, 3.63) is 34.2 Å². The minimum Gasteiger partial charge on any atom is -0.349 e. The van der Waals surface area contributed by atoms with E-state index in [1.807, 2.05) is 22.8 Å². The predicted octanol–water partition coefficient (Wildman–Crippen LogP) is 3.50. The minimum absolute atomic E-state index is 0. The van der Waals surface area contributed by atoms with Crippen LogP contribution in [0.15, 0.2) is 23.0 Å². The number of carbonyl (C=O) groups is 1. The molecule has 6 nitrogen and oxygen atoms in total. The van der Waals surface area contributed by atoms with Crippen LogP contribution in [0.1, 0.15) is 74.2 Å². The summed E-state index contributed by atoms with van der Waals surface area (Å²) >= 11 is 0. The minimum atomic E-state index is -0.0599. The molecule has 3 aliphatic carbocycles. The molecule has 1 aromatic heterocycles. The number of amides is 1. The van der Waals surface area contributed by atoms with Crippen LogP contribution >= 0.6 is 12.4 Å². The second-order valence-corrected chi connectivity index (χ2v) is 9.15. The van der Waals surface area contributed by atoms with Crippen LogP contribution in [-0.2, 0) is 0 Å². The van der Waals surface area contributed by atoms with Gasteiger partial charge in [0.05, 0.1) is 11.0 Å². The largest absolute Gasteiger partial charge is 0.349 e. The quantitative estimate of drug-likeness (QED) is 0.712. The maximum absolute atomic E-state index is 13.0. The number of aromatic nitrogens is 2. The fourth-order valence-electron chi connectivity index (χ4n) is 6.06. The summed E-state index contributed by atoms with van der Waals surface area (Å²) < 4.78 is 1.89. The molecule has 1 amide bonds. The molecular weight excluding hydrogens is 388 g/mol. The number of H-pyrrole nitrogens is 1. The third-order valence-electron chi connectivity index (χ3n) is 7.34. The first-order valence-corrected chi connectivity index (χ1v) is 10.9. The van der Waals surface area contributed by atoms with Crippen molar-refractivity contribution in [3.8, 4) is 0 Å². The van der Waals surface area contributed by atoms with Crippen molar-refractivity contribution in [2.75, 3.05) is 0 Å². The molecule has 4 N–H and O–H groups in total. The lowest BCUT2D eigenvalue weighted by Crippen LogP contribution is -2.53. The van der Waals surface area contributed by atoms with E-state index in [1.54, 1.807) is 0 Å². The highest BCUT2D eigenvalue weighted by atomic mass is 35.5. The molecule has 158 valence electrons. The number of hydrogen-bond acceptors (Lipinski definition) is 3. The van der Waals surface area contributed by atoms with Gasteiger partial charge in [-0.1, -0.05) is 19.3 Å². The lowest BCUT2D eigenvalue weighted by Gasteiger charge is -2.45. The fraction of sp³-hybridized carbons (Fsp3) is 0.636. The van der Waals surface area contributed by atoms with Crippen LogP contribution in [0.4, 0.5) is 0 Å². The molecule has 7 heteroatoms. The predicted molar refractivity (Wildman–Crippen MR) is 117 cm³/mol. The lowest BCUT2D eigenvalue weighted by atomic mass is 9.67. The van der Waals surface area contributed by atoms with Crippen molar-refractivity contribution in [3.63, 3.8) is 0 Å². The Hall–Kier alpha value is -1.79. The van der Waals surface area contributed by atoms with Crippen molar-refractivity contribution < 1.29 is 4.79 Å². The zero-order valence-corrected chi connectivity index (χ0v) is 17.5. The highest BCUT2D eigenvalue weighted by Crippen LogP contribution is 2.39. The van der Waals surface area contributed by atoms with E-state index >= 15 is 0 Å². The number of imidazole rings is 1. The summed E-state index contributed by atoms with van der Waals surface area (Å²) in [6.45, 7) is 0. The standard InChI is InChI=1S/C22H30N4O2.ClH/c23-16-10-13-4-3-5-14(11-16)20(13)25-21(27)15-8-9-19-18(12-15)24-22(28)26(19)17-6-1-2-7-17;/h8-9,12-14,16-17,20H,1-7,10-11,23H2,(H,24,28)(H,25,27);1H. The van der Waals surface area contributed by atoms with E-state index in [2.05, 4.69) is 10.3 Å². The Labute approximate surface area is 177 Å². The molecule has 2 atom stereocenters. The number of fused-ring (bicyclic) bond motifs is 3. The fourth-order valence-corrected chi connectivity index (χ4v) is 6.06. The van der Waals surface area contributed by atoms with Gasteiger partial charge in [0.2, 0.25) is 0 Å². The van der Waals surface area contributed by atoms with Crippen LogP contribution in [0.25, 0.3) is 11.0 Å². The first-order valence-electron chi connectivity index (χ1n) is 10.9. The molecule has 2 aromatic rings. The van der Waals surface area contributed by atoms with Gasteiger partial charge in [0.15, 0.2) is 0 Å². The topological polar surface area (TPSA) is 92.9 Å². The zero-order valence-electron chi connectivity index (χ0n) is 16.7. The van der Waals surface area contributed by atoms with Crippen LogP contribution in [0.2, 0.25) is 0 Å². The smallest absolute Gasteiger partial charge is 0.326 e. The van der Waals surface area contributed by atoms with Crippen LogP contribution in [0.5, 0.6) is 0 Å². The Bertz CT molecular complexity index is 932. The average molecular weight is 419 g/mol. The van der Waals surface area contributed by atoms with E-state index < -0.39 is 0 Å². The Morgan fingerprint density at radius 2 is 1.76 bits per heavy atom. The van der Waals surface area contributed by atoms with Gasteiger partial charge in [0, 0.05) is 23.7 Å². The Kier molecular flexibility index (Phi) is 5.76. The molecule has 3 saturated carbocycles. The molecular formula is C22H31ClN4O2. The second kappa shape index (κ2) is 8.15. The van der Waals surface area contributed by atoms with E-state index in [1.165, 1.54) is 19.3 Å². The third kappa shape index (κ3) is 3.73. The van der Waals surface area contributed by atoms with Crippen LogP contribution < -0.4 is 16.7 Å². The monoisotopic (exact) mass is 418 g/mol. The number of nitrogens with two attached hydrogens (primary N) is 1. The van der Waals surface area contributed by atoms with Gasteiger partial charge >= 0.3 is 5.69 Å². The number of nitrogens with one attached hydrogen (secondary N) is 2. The van der Waals surface area contributed by atoms with Crippen molar-refractivity contribution in [2.45, 2.75) is 75.9 Å². The zero-order chi connectivity index (χ0) is 19.3. The third-order valence-corrected chi connectivity index (χ3v) is 7.34. The van der Waals surface area contributed by atoms with Gasteiger partial charge in [0.1, 0.15) is 0 Å². The summed E-state index contributed by atoms with van der Waals surface area (Å²) in [6.07, 6.45) is 10.1. The molecule has 5 rings (SSSR count). The van der Waals surface area contributed by atoms with Crippen LogP contribution in [0, 0.1) is 11.8 Å². The summed E-state index contributed by atoms with van der Waals surface area (Å²) in [7, 11) is 0. The normalized spacial score (nSPS) is 29.6. The van der Waals surface area contributed by atoms with Crippen LogP contribution in [0.3, 0.4) is 0 Å². The molecule has 1 aromatic carbocycles. The van der Waals surface area contributed by atoms with Gasteiger partial charge in [-0.15, -0.1) is 12.4 Å². The van der Waals surface area contributed by atoms with E-state index in [0.717, 1.165) is 49.6 Å². The summed E-state index contributed by atoms with van der Waals surface area (Å²) in [5.41, 5.74) is 8.45. The van der Waals surface area contributed by atoms with Gasteiger partial charge in [-0.3, -0.25) is 9.36 Å². The molecule has 2 bridgehead atoms. The Morgan fingerprint density at radius 1 is 1.07 bits per heavy atom. The van der Waals surface area contributed by atoms with Crippen molar-refractivity contribution >= 4 is 29.3 Å². The van der Waals surface area contributed by atoms with Crippen molar-refractivity contribution in [2.24, 2.45) is 17.6 Å². The van der Waals surface area contributed by atoms with Gasteiger partial charge in [0.25, 0.3) is 5.91 Å². The highest BCUT2D eigenvalue weighted by Gasteiger charge is 2.40. The number of aromatic amines is 1. The number of benzene rings is 1. The Morgan fingerprint density at radius 3 is 2.45 bits per heavy atom. The number of hydrogen-bond donors (Lipinski definition) is 3. The average Bonchev–Trinajstić information content (AvgIpc) is 3.28. The number of nitrogens with zero attached hydrogens (tertiary/aromatic N) is 1. The number of carbonyl (C=O) groups excluding carboxylic acids is 1. The maximum Gasteiger partial charge on any atom is 0.326 e. The van der Waals surface area contributed by atoms with Gasteiger partial charge in [-0.2, -0.15) is 0 Å². The van der Waals surface area contributed by atoms with Gasteiger partial charge < -0.3 is 16.0 Å². The van der Waals surface area contributed by atoms with Crippen molar-refractivity contribution in [1.29, 1.82) is 0 Å². The van der Waals surface area contributed by atoms with E-state index in [-0.39, 0.29) is 42.1 Å². The molecule has 2 unspecified atom stereocenters. The lowest BCUT2D eigenvalue weighted by molar-refractivity contribution is 0.0756. The molecule has 3 fully saturated rings. The van der Waals surface area contributed by atoms with E-state index in [9.17, 15) is 9.59 Å². The summed E-state index contributed by atoms with van der Waals surface area (Å²) in [6, 6.07) is 6.42. The highest BCUT2D eigenvalue weighted by molar-refractivity contribution is 5.97. The first-order chi connectivity index (χ1) is 13.6. The molecule has 0 spiro atoms. The summed E-state index contributed by atoms with van der Waals surface area (Å²) in [5, 5.41) is 3.31. The number of halogens is 1. The Balaban J connectivity index is 0.00000205. The second-order valence-electron chi connectivity index (χ2n) is 9.15. The molecule has 0 saturated heterocycles. The van der Waals surface area contributed by atoms with E-state index in [0.29, 0.717) is 17.4 Å². The maximum atomic E-state index is 13.0. The summed E-state index contributed by atoms with van der Waals surface area (Å²) in [4.78, 5) is 28.4. The molecule has 0 aliphatic heterocycles. The van der Waals surface area contributed by atoms with Gasteiger partial charge in [-0.25, -0.2) is 4.79 Å². The van der Waals surface area contributed by atoms with Gasteiger partial charge in [-0.05, 0) is 68.6 Å². The number of rotatable bonds is 3. The van der Waals surface area contributed by atoms with E-state index in [4.69, 9.17) is 5.73 Å². The molecule has 0 radical (unpaired) electrons. The molecule has 29 heavy (non-hydrogen) atoms. The molecule has 1 heterocycles.